The van der Waals surface area contributed by atoms with Crippen LogP contribution in [-0.4, -0.2) is 41.2 Å². The molecule has 2 atom stereocenters. The summed E-state index contributed by atoms with van der Waals surface area (Å²) in [6.07, 6.45) is 6.95. The van der Waals surface area contributed by atoms with Crippen LogP contribution >= 0.6 is 0 Å². The third kappa shape index (κ3) is 5.00. The van der Waals surface area contributed by atoms with Gasteiger partial charge < -0.3 is 9.47 Å². The van der Waals surface area contributed by atoms with Gasteiger partial charge in [0.15, 0.2) is 0 Å². The van der Waals surface area contributed by atoms with Crippen LogP contribution in [0.1, 0.15) is 29.7 Å². The Bertz CT molecular complexity index is 1080. The summed E-state index contributed by atoms with van der Waals surface area (Å²) in [4.78, 5) is 28.5. The van der Waals surface area contributed by atoms with Crippen molar-refractivity contribution in [3.05, 3.63) is 108 Å². The molecule has 4 rings (SSSR count). The Morgan fingerprint density at radius 2 is 1.52 bits per heavy atom. The minimum atomic E-state index is -0.363. The third-order valence-corrected chi connectivity index (χ3v) is 5.98. The number of carbonyl (C=O) groups excluding carboxylic acids is 2. The topological polar surface area (TPSA) is 59.1 Å². The molecule has 2 aromatic carbocycles. The van der Waals surface area contributed by atoms with Gasteiger partial charge in [0.2, 0.25) is 0 Å². The van der Waals surface area contributed by atoms with Gasteiger partial charge in [-0.25, -0.2) is 9.59 Å². The van der Waals surface area contributed by atoms with E-state index in [1.165, 1.54) is 0 Å². The molecule has 33 heavy (non-hydrogen) atoms. The van der Waals surface area contributed by atoms with Gasteiger partial charge in [0.25, 0.3) is 0 Å². The van der Waals surface area contributed by atoms with E-state index in [0.717, 1.165) is 22.3 Å². The van der Waals surface area contributed by atoms with Crippen LogP contribution in [-0.2, 0) is 22.6 Å². The first-order valence-electron chi connectivity index (χ1n) is 11.0. The van der Waals surface area contributed by atoms with E-state index in [9.17, 15) is 9.59 Å². The van der Waals surface area contributed by atoms with Gasteiger partial charge in [-0.1, -0.05) is 85.5 Å². The molecule has 0 unspecified atom stereocenters. The first-order valence-corrected chi connectivity index (χ1v) is 11.0. The van der Waals surface area contributed by atoms with Crippen LogP contribution in [0.15, 0.2) is 91.1 Å². The third-order valence-electron chi connectivity index (χ3n) is 5.98. The molecular weight excluding hydrogens is 416 g/mol. The van der Waals surface area contributed by atoms with E-state index >= 15 is 0 Å². The molecule has 170 valence electrons. The lowest BCUT2D eigenvalue weighted by Crippen LogP contribution is -2.34. The number of nitrogens with zero attached hydrogens (tertiary/aromatic N) is 2. The molecule has 2 fully saturated rings. The second-order valence-electron chi connectivity index (χ2n) is 8.08. The minimum absolute atomic E-state index is 0.146. The van der Waals surface area contributed by atoms with Crippen LogP contribution in [0.5, 0.6) is 0 Å². The smallest absolute Gasteiger partial charge is 0.410 e. The normalized spacial score (nSPS) is 20.6. The molecule has 2 saturated heterocycles. The van der Waals surface area contributed by atoms with Crippen LogP contribution < -0.4 is 0 Å². The maximum Gasteiger partial charge on any atom is 0.410 e. The van der Waals surface area contributed by atoms with Gasteiger partial charge in [-0.15, -0.1) is 0 Å². The highest BCUT2D eigenvalue weighted by Crippen LogP contribution is 2.31. The molecule has 0 N–H and O–H groups in total. The van der Waals surface area contributed by atoms with Crippen molar-refractivity contribution in [1.82, 2.24) is 9.80 Å². The molecule has 0 spiro atoms. The van der Waals surface area contributed by atoms with E-state index in [2.05, 4.69) is 6.58 Å². The fourth-order valence-corrected chi connectivity index (χ4v) is 4.14. The Morgan fingerprint density at radius 3 is 2.21 bits per heavy atom. The van der Waals surface area contributed by atoms with E-state index in [0.29, 0.717) is 19.7 Å². The van der Waals surface area contributed by atoms with Crippen molar-refractivity contribution in [3.63, 3.8) is 0 Å². The number of amides is 2. The number of benzene rings is 2. The van der Waals surface area contributed by atoms with Gasteiger partial charge in [0.1, 0.15) is 13.2 Å². The average molecular weight is 445 g/mol. The lowest BCUT2D eigenvalue weighted by molar-refractivity contribution is 0.153. The van der Waals surface area contributed by atoms with Crippen molar-refractivity contribution in [2.24, 2.45) is 0 Å². The zero-order valence-corrected chi connectivity index (χ0v) is 18.7. The maximum absolute atomic E-state index is 12.5. The predicted octanol–water partition coefficient (Wildman–Crippen LogP) is 5.39. The van der Waals surface area contributed by atoms with Crippen LogP contribution in [0.25, 0.3) is 0 Å². The fourth-order valence-electron chi connectivity index (χ4n) is 4.14. The van der Waals surface area contributed by atoms with E-state index in [1.807, 2.05) is 85.8 Å². The number of rotatable bonds is 8. The summed E-state index contributed by atoms with van der Waals surface area (Å²) in [5.41, 5.74) is 3.76. The second kappa shape index (κ2) is 10.2. The van der Waals surface area contributed by atoms with E-state index < -0.39 is 0 Å². The molecule has 2 aliphatic heterocycles. The zero-order chi connectivity index (χ0) is 23.2. The molecule has 6 heteroatoms. The van der Waals surface area contributed by atoms with Gasteiger partial charge in [0, 0.05) is 0 Å². The van der Waals surface area contributed by atoms with Gasteiger partial charge in [-0.3, -0.25) is 9.80 Å². The molecule has 0 aromatic heterocycles. The summed E-state index contributed by atoms with van der Waals surface area (Å²) in [7, 11) is 0. The summed E-state index contributed by atoms with van der Waals surface area (Å²) in [6.45, 7) is 7.43. The Labute approximate surface area is 194 Å². The van der Waals surface area contributed by atoms with E-state index in [-0.39, 0.29) is 30.9 Å². The lowest BCUT2D eigenvalue weighted by Gasteiger charge is -2.26. The van der Waals surface area contributed by atoms with Gasteiger partial charge in [-0.05, 0) is 29.2 Å². The number of allylic oxidation sites excluding steroid dienone is 3. The summed E-state index contributed by atoms with van der Waals surface area (Å²) in [5.74, 6) is 0. The van der Waals surface area contributed by atoms with Crippen molar-refractivity contribution in [1.29, 1.82) is 0 Å². The van der Waals surface area contributed by atoms with E-state index in [4.69, 9.17) is 9.47 Å². The number of ether oxygens (including phenoxy) is 2. The average Bonchev–Trinajstić information content (AvgIpc) is 3.38. The molecule has 0 saturated carbocycles. The SMILES string of the molecule is C=C(/C=C\C=C/C)[C@H]1COC(=O)N1Cc1ccccc1CN1C(=O)OC[C@@H]1c1ccccc1. The van der Waals surface area contributed by atoms with Crippen molar-refractivity contribution in [2.75, 3.05) is 13.2 Å². The summed E-state index contributed by atoms with van der Waals surface area (Å²) in [5, 5.41) is 0. The number of hydrogen-bond acceptors (Lipinski definition) is 4. The van der Waals surface area contributed by atoms with E-state index in [1.54, 1.807) is 9.80 Å². The molecular formula is C27H28N2O4. The summed E-state index contributed by atoms with van der Waals surface area (Å²) >= 11 is 0. The number of hydrogen-bond donors (Lipinski definition) is 0. The van der Waals surface area contributed by atoms with Crippen molar-refractivity contribution in [2.45, 2.75) is 32.1 Å². The Kier molecular flexibility index (Phi) is 6.93. The summed E-state index contributed by atoms with van der Waals surface area (Å²) < 4.78 is 10.7. The number of carbonyl (C=O) groups is 2. The predicted molar refractivity (Wildman–Crippen MR) is 126 cm³/mol. The molecule has 2 aliphatic rings. The van der Waals surface area contributed by atoms with Crippen molar-refractivity contribution in [3.8, 4) is 0 Å². The number of cyclic esters (lactones) is 2. The monoisotopic (exact) mass is 444 g/mol. The first-order chi connectivity index (χ1) is 16.1. The van der Waals surface area contributed by atoms with Crippen LogP contribution in [0, 0.1) is 0 Å². The molecule has 2 heterocycles. The minimum Gasteiger partial charge on any atom is -0.447 e. The first kappa shape index (κ1) is 22.4. The van der Waals surface area contributed by atoms with Crippen molar-refractivity contribution >= 4 is 12.2 Å². The van der Waals surface area contributed by atoms with Crippen LogP contribution in [0.3, 0.4) is 0 Å². The molecule has 6 nitrogen and oxygen atoms in total. The van der Waals surface area contributed by atoms with Crippen molar-refractivity contribution < 1.29 is 19.1 Å². The highest BCUT2D eigenvalue weighted by atomic mass is 16.6. The Balaban J connectivity index is 1.54. The molecule has 2 aromatic rings. The highest BCUT2D eigenvalue weighted by Gasteiger charge is 2.36. The Morgan fingerprint density at radius 1 is 0.909 bits per heavy atom. The van der Waals surface area contributed by atoms with Crippen LogP contribution in [0.4, 0.5) is 9.59 Å². The standard InChI is InChI=1S/C27H28N2O4/c1-3-4-6-11-20(2)24-18-32-26(30)28(24)16-22-14-9-10-15-23(22)17-29-25(19-33-27(29)31)21-12-7-5-8-13-21/h3-15,24-25H,2,16-19H2,1H3/b4-3-,11-6-/t24-,25-/m1/s1. The molecule has 2 amide bonds. The molecule has 0 radical (unpaired) electrons. The zero-order valence-electron chi connectivity index (χ0n) is 18.7. The quantitative estimate of drug-likeness (QED) is 0.512. The lowest BCUT2D eigenvalue weighted by atomic mass is 10.0. The highest BCUT2D eigenvalue weighted by molar-refractivity contribution is 5.72. The van der Waals surface area contributed by atoms with Gasteiger partial charge in [0.05, 0.1) is 25.2 Å². The van der Waals surface area contributed by atoms with Gasteiger partial charge in [-0.2, -0.15) is 0 Å². The Hall–Kier alpha value is -3.80. The van der Waals surface area contributed by atoms with Gasteiger partial charge >= 0.3 is 12.2 Å². The largest absolute Gasteiger partial charge is 0.447 e. The molecule has 0 bridgehead atoms. The summed E-state index contributed by atoms with van der Waals surface area (Å²) in [6, 6.07) is 17.3. The van der Waals surface area contributed by atoms with Crippen LogP contribution in [0.2, 0.25) is 0 Å². The fraction of sp³-hybridized carbons (Fsp3) is 0.259. The molecule has 0 aliphatic carbocycles. The maximum atomic E-state index is 12.5. The second-order valence-corrected chi connectivity index (χ2v) is 8.08.